The first-order valence-electron chi connectivity index (χ1n) is 13.5. The molecule has 8 atom stereocenters. The van der Waals surface area contributed by atoms with E-state index in [0.717, 1.165) is 25.7 Å². The van der Waals surface area contributed by atoms with Gasteiger partial charge in [0.15, 0.2) is 6.10 Å². The van der Waals surface area contributed by atoms with Crippen LogP contribution in [-0.4, -0.2) is 121 Å². The number of hydrogen-bond donors (Lipinski definition) is 4. The summed E-state index contributed by atoms with van der Waals surface area (Å²) in [6.07, 6.45) is -7.09. The molecular formula is C26H42N4O13. The maximum atomic E-state index is 13.3. The number of nitrogens with two attached hydrogens (primary N) is 1. The van der Waals surface area contributed by atoms with Crippen LogP contribution < -0.4 is 16.4 Å². The van der Waals surface area contributed by atoms with Gasteiger partial charge in [0, 0.05) is 40.7 Å². The van der Waals surface area contributed by atoms with Gasteiger partial charge >= 0.3 is 23.9 Å². The fraction of sp³-hybridized carbons (Fsp3) is 0.731. The number of rotatable bonds is 16. The molecule has 0 aromatic carbocycles. The Balaban J connectivity index is 3.56. The van der Waals surface area contributed by atoms with Crippen LogP contribution in [0.4, 0.5) is 0 Å². The van der Waals surface area contributed by atoms with Gasteiger partial charge in [-0.3, -0.25) is 33.6 Å². The molecule has 0 bridgehead atoms. The third kappa shape index (κ3) is 12.1. The number of carboxylic acid groups (broad SMARTS) is 1. The third-order valence-electron chi connectivity index (χ3n) is 6.32. The minimum absolute atomic E-state index is 0.277. The Morgan fingerprint density at radius 3 is 2.02 bits per heavy atom. The van der Waals surface area contributed by atoms with Gasteiger partial charge in [-0.2, -0.15) is 0 Å². The molecule has 5 N–H and O–H groups in total. The van der Waals surface area contributed by atoms with E-state index in [1.165, 1.54) is 27.8 Å². The number of amides is 3. The quantitative estimate of drug-likeness (QED) is 0.110. The summed E-state index contributed by atoms with van der Waals surface area (Å²) in [5.41, 5.74) is 5.56. The molecule has 0 saturated carbocycles. The monoisotopic (exact) mass is 618 g/mol. The van der Waals surface area contributed by atoms with Crippen molar-refractivity contribution >= 4 is 41.6 Å². The summed E-state index contributed by atoms with van der Waals surface area (Å²) in [4.78, 5) is 85.7. The Hall–Kier alpha value is -3.83. The van der Waals surface area contributed by atoms with Crippen molar-refractivity contribution in [3.8, 4) is 0 Å². The van der Waals surface area contributed by atoms with Crippen LogP contribution in [0.3, 0.4) is 0 Å². The number of carbonyl (C=O) groups excluding carboxylic acids is 6. The van der Waals surface area contributed by atoms with Crippen LogP contribution in [0, 0.1) is 0 Å². The number of aliphatic carboxylic acids is 1. The van der Waals surface area contributed by atoms with Crippen molar-refractivity contribution < 1.29 is 62.4 Å². The van der Waals surface area contributed by atoms with E-state index < -0.39 is 103 Å². The highest BCUT2D eigenvalue weighted by atomic mass is 16.7. The van der Waals surface area contributed by atoms with E-state index in [1.807, 2.05) is 0 Å². The van der Waals surface area contributed by atoms with Gasteiger partial charge in [0.05, 0.1) is 12.1 Å². The summed E-state index contributed by atoms with van der Waals surface area (Å²) in [5, 5.41) is 14.5. The lowest BCUT2D eigenvalue weighted by Gasteiger charge is -2.46. The molecule has 1 saturated heterocycles. The van der Waals surface area contributed by atoms with Crippen LogP contribution in [0.25, 0.3) is 0 Å². The molecule has 17 nitrogen and oxygen atoms in total. The fourth-order valence-corrected chi connectivity index (χ4v) is 4.43. The number of ether oxygens (including phenoxy) is 5. The van der Waals surface area contributed by atoms with Crippen LogP contribution in [0.2, 0.25) is 0 Å². The predicted octanol–water partition coefficient (Wildman–Crippen LogP) is -1.80. The van der Waals surface area contributed by atoms with Gasteiger partial charge in [0.2, 0.25) is 24.0 Å². The topological polar surface area (TPSA) is 239 Å². The molecule has 0 radical (unpaired) electrons. The molecule has 0 aliphatic carbocycles. The molecule has 3 amide bonds. The summed E-state index contributed by atoms with van der Waals surface area (Å²) in [6.45, 7) is 6.80. The van der Waals surface area contributed by atoms with E-state index in [9.17, 15) is 33.6 Å². The maximum Gasteiger partial charge on any atom is 0.305 e. The first-order chi connectivity index (χ1) is 20.0. The van der Waals surface area contributed by atoms with Gasteiger partial charge in [0.25, 0.3) is 0 Å². The standard InChI is InChI=1S/C26H42N4O13/c1-12(10-30(25(38)13(2)28-7)18(24(27)37)8-9-20(35)36)40-23-21(29-14(3)31)26(42-17(6)34)43-19(11-39-15(4)32)22(23)41-16(5)33/h12-13,18-19,21-23,26,28H,8-11H2,1-7H3,(H2,27,37)(H,29,31)(H,35,36)/t12?,13-,18+,19+,21+,22+,23+,26-/m0/s1. The van der Waals surface area contributed by atoms with Gasteiger partial charge < -0.3 is 50.1 Å². The fourth-order valence-electron chi connectivity index (χ4n) is 4.43. The smallest absolute Gasteiger partial charge is 0.305 e. The van der Waals surface area contributed by atoms with Gasteiger partial charge in [-0.15, -0.1) is 0 Å². The Morgan fingerprint density at radius 2 is 1.56 bits per heavy atom. The number of carboxylic acids is 1. The highest BCUT2D eigenvalue weighted by Gasteiger charge is 2.51. The number of hydrogen-bond acceptors (Lipinski definition) is 13. The predicted molar refractivity (Wildman–Crippen MR) is 145 cm³/mol. The van der Waals surface area contributed by atoms with Gasteiger partial charge in [-0.1, -0.05) is 0 Å². The zero-order valence-corrected chi connectivity index (χ0v) is 25.3. The van der Waals surface area contributed by atoms with E-state index in [1.54, 1.807) is 0 Å². The second kappa shape index (κ2) is 17.3. The molecule has 1 heterocycles. The summed E-state index contributed by atoms with van der Waals surface area (Å²) in [6, 6.07) is -3.38. The van der Waals surface area contributed by atoms with E-state index in [4.69, 9.17) is 34.5 Å². The number of primary amides is 1. The normalized spacial score (nSPS) is 23.6. The minimum Gasteiger partial charge on any atom is -0.481 e. The Kier molecular flexibility index (Phi) is 15.0. The molecule has 0 spiro atoms. The van der Waals surface area contributed by atoms with Crippen molar-refractivity contribution in [2.24, 2.45) is 5.73 Å². The van der Waals surface area contributed by atoms with E-state index in [0.29, 0.717) is 0 Å². The van der Waals surface area contributed by atoms with E-state index >= 15 is 0 Å². The molecule has 244 valence electrons. The lowest BCUT2D eigenvalue weighted by molar-refractivity contribution is -0.279. The van der Waals surface area contributed by atoms with Crippen molar-refractivity contribution in [3.63, 3.8) is 0 Å². The SMILES string of the molecule is CN[C@@H](C)C(=O)N(CC(C)O[C@@H]1[C@@H](NC(C)=O)[C@@H](OC(C)=O)O[C@H](COC(C)=O)[C@H]1OC(C)=O)[C@H](CCC(=O)O)C(N)=O. The van der Waals surface area contributed by atoms with Crippen molar-refractivity contribution in [3.05, 3.63) is 0 Å². The average molecular weight is 619 g/mol. The molecule has 1 aliphatic rings. The Bertz CT molecular complexity index is 1040. The molecule has 0 aromatic heterocycles. The van der Waals surface area contributed by atoms with Crippen LogP contribution in [-0.2, 0) is 57.2 Å². The lowest BCUT2D eigenvalue weighted by Crippen LogP contribution is -2.67. The van der Waals surface area contributed by atoms with E-state index in [-0.39, 0.29) is 13.0 Å². The Labute approximate surface area is 249 Å². The molecule has 1 rings (SSSR count). The lowest BCUT2D eigenvalue weighted by atomic mass is 9.95. The first-order valence-corrected chi connectivity index (χ1v) is 13.5. The molecule has 43 heavy (non-hydrogen) atoms. The number of carbonyl (C=O) groups is 7. The molecular weight excluding hydrogens is 576 g/mol. The highest BCUT2D eigenvalue weighted by Crippen LogP contribution is 2.29. The number of likely N-dealkylation sites (N-methyl/N-ethyl adjacent to an activating group) is 1. The molecule has 1 unspecified atom stereocenters. The number of esters is 3. The van der Waals surface area contributed by atoms with Crippen LogP contribution >= 0.6 is 0 Å². The second-order valence-electron chi connectivity index (χ2n) is 10.0. The third-order valence-corrected chi connectivity index (χ3v) is 6.32. The summed E-state index contributed by atoms with van der Waals surface area (Å²) < 4.78 is 27.8. The molecule has 0 aromatic rings. The van der Waals surface area contributed by atoms with Gasteiger partial charge in [0.1, 0.15) is 30.9 Å². The van der Waals surface area contributed by atoms with Crippen LogP contribution in [0.15, 0.2) is 0 Å². The van der Waals surface area contributed by atoms with Crippen molar-refractivity contribution in [1.82, 2.24) is 15.5 Å². The molecule has 1 fully saturated rings. The van der Waals surface area contributed by atoms with Crippen LogP contribution in [0.1, 0.15) is 54.4 Å². The first kappa shape index (κ1) is 37.2. The summed E-state index contributed by atoms with van der Waals surface area (Å²) >= 11 is 0. The molecule has 1 aliphatic heterocycles. The van der Waals surface area contributed by atoms with Crippen molar-refractivity contribution in [1.29, 1.82) is 0 Å². The minimum atomic E-state index is -1.48. The zero-order chi connectivity index (χ0) is 33.0. The largest absolute Gasteiger partial charge is 0.481 e. The van der Waals surface area contributed by atoms with Crippen molar-refractivity contribution in [2.75, 3.05) is 20.2 Å². The van der Waals surface area contributed by atoms with E-state index in [2.05, 4.69) is 10.6 Å². The van der Waals surface area contributed by atoms with Crippen molar-refractivity contribution in [2.45, 2.75) is 103 Å². The van der Waals surface area contributed by atoms with Crippen LogP contribution in [0.5, 0.6) is 0 Å². The average Bonchev–Trinajstić information content (AvgIpc) is 2.88. The van der Waals surface area contributed by atoms with Gasteiger partial charge in [-0.25, -0.2) is 0 Å². The summed E-state index contributed by atoms with van der Waals surface area (Å²) in [5.74, 6) is -5.57. The second-order valence-corrected chi connectivity index (χ2v) is 10.0. The number of nitrogens with one attached hydrogen (secondary N) is 2. The zero-order valence-electron chi connectivity index (χ0n) is 25.3. The number of nitrogens with zero attached hydrogens (tertiary/aromatic N) is 1. The highest BCUT2D eigenvalue weighted by molar-refractivity contribution is 5.89. The van der Waals surface area contributed by atoms with Gasteiger partial charge in [-0.05, 0) is 27.3 Å². The summed E-state index contributed by atoms with van der Waals surface area (Å²) in [7, 11) is 1.51. The Morgan fingerprint density at radius 1 is 0.953 bits per heavy atom. The maximum absolute atomic E-state index is 13.3. The molecule has 17 heteroatoms.